The standard InChI is InChI=1S/C19H20N4O3S/c24-19(16-12-27-13-20-16)23-9-4-7-15(11-23)25-10-8-17-21-18(26-22-17)14-5-2-1-3-6-14/h1-3,5-6,12-13,15H,4,7-11H2. The fourth-order valence-electron chi connectivity index (χ4n) is 3.11. The fourth-order valence-corrected chi connectivity index (χ4v) is 3.64. The maximum absolute atomic E-state index is 12.4. The number of thiazole rings is 1. The monoisotopic (exact) mass is 384 g/mol. The van der Waals surface area contributed by atoms with Crippen LogP contribution in [0.2, 0.25) is 0 Å². The van der Waals surface area contributed by atoms with Gasteiger partial charge in [0, 0.05) is 30.5 Å². The molecule has 1 aliphatic heterocycles. The van der Waals surface area contributed by atoms with Gasteiger partial charge in [0.25, 0.3) is 11.8 Å². The molecule has 1 unspecified atom stereocenters. The number of hydrogen-bond acceptors (Lipinski definition) is 7. The molecule has 1 saturated heterocycles. The van der Waals surface area contributed by atoms with Crippen LogP contribution in [0.1, 0.15) is 29.2 Å². The Balaban J connectivity index is 1.27. The van der Waals surface area contributed by atoms with E-state index >= 15 is 0 Å². The number of ether oxygens (including phenoxy) is 1. The van der Waals surface area contributed by atoms with Gasteiger partial charge in [-0.15, -0.1) is 11.3 Å². The van der Waals surface area contributed by atoms with E-state index in [1.54, 1.807) is 10.9 Å². The van der Waals surface area contributed by atoms with Crippen molar-refractivity contribution in [1.29, 1.82) is 0 Å². The summed E-state index contributed by atoms with van der Waals surface area (Å²) in [4.78, 5) is 22.8. The molecule has 0 radical (unpaired) electrons. The number of likely N-dealkylation sites (tertiary alicyclic amines) is 1. The van der Waals surface area contributed by atoms with Gasteiger partial charge < -0.3 is 14.2 Å². The maximum atomic E-state index is 12.4. The van der Waals surface area contributed by atoms with Crippen molar-refractivity contribution >= 4 is 17.2 Å². The van der Waals surface area contributed by atoms with Crippen LogP contribution in [0.3, 0.4) is 0 Å². The number of amides is 1. The second-order valence-electron chi connectivity index (χ2n) is 6.39. The zero-order chi connectivity index (χ0) is 18.5. The third-order valence-corrected chi connectivity index (χ3v) is 5.07. The van der Waals surface area contributed by atoms with E-state index in [0.717, 1.165) is 24.9 Å². The predicted molar refractivity (Wildman–Crippen MR) is 100 cm³/mol. The first-order chi connectivity index (χ1) is 13.3. The summed E-state index contributed by atoms with van der Waals surface area (Å²) in [5, 5.41) is 5.80. The van der Waals surface area contributed by atoms with Crippen LogP contribution < -0.4 is 0 Å². The summed E-state index contributed by atoms with van der Waals surface area (Å²) in [5.41, 5.74) is 3.10. The second-order valence-corrected chi connectivity index (χ2v) is 7.11. The van der Waals surface area contributed by atoms with Crippen LogP contribution in [0.4, 0.5) is 0 Å². The minimum Gasteiger partial charge on any atom is -0.376 e. The second kappa shape index (κ2) is 8.41. The average molecular weight is 384 g/mol. The van der Waals surface area contributed by atoms with Gasteiger partial charge in [-0.2, -0.15) is 4.98 Å². The van der Waals surface area contributed by atoms with Crippen molar-refractivity contribution in [2.24, 2.45) is 0 Å². The average Bonchev–Trinajstić information content (AvgIpc) is 3.41. The predicted octanol–water partition coefficient (Wildman–Crippen LogP) is 3.06. The highest BCUT2D eigenvalue weighted by Crippen LogP contribution is 2.18. The molecular formula is C19H20N4O3S. The Labute approximate surface area is 161 Å². The molecule has 0 bridgehead atoms. The number of carbonyl (C=O) groups is 1. The van der Waals surface area contributed by atoms with Crippen molar-refractivity contribution in [2.75, 3.05) is 19.7 Å². The van der Waals surface area contributed by atoms with E-state index in [1.165, 1.54) is 11.3 Å². The molecule has 1 aliphatic rings. The lowest BCUT2D eigenvalue weighted by Gasteiger charge is -2.32. The Bertz CT molecular complexity index is 866. The SMILES string of the molecule is O=C(c1cscn1)N1CCCC(OCCc2noc(-c3ccccc3)n2)C1. The summed E-state index contributed by atoms with van der Waals surface area (Å²) < 4.78 is 11.3. The topological polar surface area (TPSA) is 81.4 Å². The summed E-state index contributed by atoms with van der Waals surface area (Å²) in [6, 6.07) is 9.68. The van der Waals surface area contributed by atoms with E-state index in [-0.39, 0.29) is 12.0 Å². The molecule has 4 rings (SSSR count). The van der Waals surface area contributed by atoms with Crippen LogP contribution in [0, 0.1) is 0 Å². The van der Waals surface area contributed by atoms with Gasteiger partial charge in [0.1, 0.15) is 5.69 Å². The van der Waals surface area contributed by atoms with Crippen LogP contribution in [-0.4, -0.2) is 51.7 Å². The molecule has 1 fully saturated rings. The molecule has 0 N–H and O–H groups in total. The van der Waals surface area contributed by atoms with Crippen molar-refractivity contribution in [3.8, 4) is 11.5 Å². The quantitative estimate of drug-likeness (QED) is 0.650. The minimum absolute atomic E-state index is 0.0183. The van der Waals surface area contributed by atoms with Crippen LogP contribution in [0.5, 0.6) is 0 Å². The van der Waals surface area contributed by atoms with E-state index in [4.69, 9.17) is 9.26 Å². The number of piperidine rings is 1. The van der Waals surface area contributed by atoms with E-state index < -0.39 is 0 Å². The molecule has 0 spiro atoms. The zero-order valence-corrected chi connectivity index (χ0v) is 15.6. The van der Waals surface area contributed by atoms with Gasteiger partial charge >= 0.3 is 0 Å². The van der Waals surface area contributed by atoms with Crippen molar-refractivity contribution in [1.82, 2.24) is 20.0 Å². The number of rotatable bonds is 6. The number of nitrogens with zero attached hydrogens (tertiary/aromatic N) is 4. The van der Waals surface area contributed by atoms with Crippen LogP contribution in [-0.2, 0) is 11.2 Å². The third kappa shape index (κ3) is 4.40. The largest absolute Gasteiger partial charge is 0.376 e. The lowest BCUT2D eigenvalue weighted by Crippen LogP contribution is -2.43. The maximum Gasteiger partial charge on any atom is 0.273 e. The van der Waals surface area contributed by atoms with E-state index in [1.807, 2.05) is 35.2 Å². The van der Waals surface area contributed by atoms with Crippen molar-refractivity contribution < 1.29 is 14.1 Å². The molecule has 1 atom stereocenters. The van der Waals surface area contributed by atoms with Crippen molar-refractivity contribution in [3.05, 3.63) is 52.7 Å². The van der Waals surface area contributed by atoms with Crippen molar-refractivity contribution in [3.63, 3.8) is 0 Å². The normalized spacial score (nSPS) is 17.2. The molecule has 140 valence electrons. The Morgan fingerprint density at radius 1 is 1.33 bits per heavy atom. The smallest absolute Gasteiger partial charge is 0.273 e. The number of aromatic nitrogens is 3. The highest BCUT2D eigenvalue weighted by Gasteiger charge is 2.26. The molecular weight excluding hydrogens is 364 g/mol. The third-order valence-electron chi connectivity index (χ3n) is 4.48. The summed E-state index contributed by atoms with van der Waals surface area (Å²) in [6.07, 6.45) is 2.48. The molecule has 1 aromatic carbocycles. The summed E-state index contributed by atoms with van der Waals surface area (Å²) in [6.45, 7) is 1.84. The van der Waals surface area contributed by atoms with Gasteiger partial charge in [0.05, 0.1) is 18.2 Å². The first-order valence-electron chi connectivity index (χ1n) is 8.96. The van der Waals surface area contributed by atoms with Crippen molar-refractivity contribution in [2.45, 2.75) is 25.4 Å². The van der Waals surface area contributed by atoms with E-state index in [9.17, 15) is 4.79 Å². The Kier molecular flexibility index (Phi) is 5.55. The van der Waals surface area contributed by atoms with Gasteiger partial charge in [0.15, 0.2) is 5.82 Å². The molecule has 3 aromatic rings. The van der Waals surface area contributed by atoms with Crippen LogP contribution in [0.25, 0.3) is 11.5 Å². The molecule has 2 aromatic heterocycles. The van der Waals surface area contributed by atoms with Gasteiger partial charge in [-0.1, -0.05) is 23.4 Å². The summed E-state index contributed by atoms with van der Waals surface area (Å²) in [5.74, 6) is 1.12. The fraction of sp³-hybridized carbons (Fsp3) is 0.368. The highest BCUT2D eigenvalue weighted by atomic mass is 32.1. The molecule has 3 heterocycles. The van der Waals surface area contributed by atoms with E-state index in [2.05, 4.69) is 15.1 Å². The molecule has 0 aliphatic carbocycles. The van der Waals surface area contributed by atoms with Gasteiger partial charge in [-0.25, -0.2) is 4.98 Å². The van der Waals surface area contributed by atoms with Gasteiger partial charge in [-0.3, -0.25) is 4.79 Å². The number of hydrogen-bond donors (Lipinski definition) is 0. The zero-order valence-electron chi connectivity index (χ0n) is 14.8. The first kappa shape index (κ1) is 17.8. The minimum atomic E-state index is -0.0183. The van der Waals surface area contributed by atoms with Crippen LogP contribution in [0.15, 0.2) is 45.7 Å². The lowest BCUT2D eigenvalue weighted by molar-refractivity contribution is 0.00235. The Hall–Kier alpha value is -2.58. The first-order valence-corrected chi connectivity index (χ1v) is 9.91. The Morgan fingerprint density at radius 3 is 3.04 bits per heavy atom. The molecule has 8 heteroatoms. The molecule has 1 amide bonds. The van der Waals surface area contributed by atoms with Gasteiger partial charge in [0.2, 0.25) is 0 Å². The molecule has 0 saturated carbocycles. The van der Waals surface area contributed by atoms with Crippen LogP contribution >= 0.6 is 11.3 Å². The van der Waals surface area contributed by atoms with Gasteiger partial charge in [-0.05, 0) is 25.0 Å². The lowest BCUT2D eigenvalue weighted by atomic mass is 10.1. The highest BCUT2D eigenvalue weighted by molar-refractivity contribution is 7.07. The summed E-state index contributed by atoms with van der Waals surface area (Å²) >= 11 is 1.43. The Morgan fingerprint density at radius 2 is 2.22 bits per heavy atom. The molecule has 7 nitrogen and oxygen atoms in total. The number of benzene rings is 1. The molecule has 27 heavy (non-hydrogen) atoms. The number of carbonyl (C=O) groups excluding carboxylic acids is 1. The van der Waals surface area contributed by atoms with E-state index in [0.29, 0.717) is 37.0 Å². The summed E-state index contributed by atoms with van der Waals surface area (Å²) in [7, 11) is 0.